The van der Waals surface area contributed by atoms with E-state index in [2.05, 4.69) is 150 Å². The predicted octanol–water partition coefficient (Wildman–Crippen LogP) is 9.52. The van der Waals surface area contributed by atoms with Crippen LogP contribution in [-0.4, -0.2) is 5.04 Å². The summed E-state index contributed by atoms with van der Waals surface area (Å²) in [5.41, 5.74) is 15.1. The van der Waals surface area contributed by atoms with E-state index in [0.29, 0.717) is 0 Å². The zero-order valence-electron chi connectivity index (χ0n) is 23.2. The van der Waals surface area contributed by atoms with E-state index in [1.165, 1.54) is 50.1 Å². The first-order chi connectivity index (χ1) is 21.3. The van der Waals surface area contributed by atoms with E-state index in [1.807, 2.05) is 6.07 Å². The normalized spacial score (nSPS) is 16.7. The average Bonchev–Trinajstić information content (AvgIpc) is 3.69. The third-order valence-electron chi connectivity index (χ3n) is 8.93. The number of rotatable bonds is 3. The molecule has 3 aliphatic rings. The van der Waals surface area contributed by atoms with Crippen molar-refractivity contribution in [3.63, 3.8) is 0 Å². The fourth-order valence-electron chi connectivity index (χ4n) is 7.02. The highest BCUT2D eigenvalue weighted by Crippen LogP contribution is 2.62. The summed E-state index contributed by atoms with van der Waals surface area (Å²) in [6.45, 7) is 0. The molecule has 1 spiro atoms. The maximum absolute atomic E-state index is 6.59. The van der Waals surface area contributed by atoms with Crippen molar-refractivity contribution < 1.29 is 4.74 Å². The van der Waals surface area contributed by atoms with E-state index in [0.717, 1.165) is 22.1 Å². The van der Waals surface area contributed by atoms with Crippen molar-refractivity contribution in [1.82, 2.24) is 5.43 Å². The molecule has 0 saturated carbocycles. The summed E-state index contributed by atoms with van der Waals surface area (Å²) in [5, 5.41) is 5.71. The Morgan fingerprint density at radius 2 is 1.14 bits per heavy atom. The van der Waals surface area contributed by atoms with Crippen molar-refractivity contribution in [1.29, 1.82) is 0 Å². The van der Waals surface area contributed by atoms with Crippen LogP contribution in [0.15, 0.2) is 151 Å². The van der Waals surface area contributed by atoms with Gasteiger partial charge in [0.15, 0.2) is 0 Å². The van der Waals surface area contributed by atoms with Crippen LogP contribution in [0.1, 0.15) is 38.8 Å². The lowest BCUT2D eigenvalue weighted by Gasteiger charge is -2.39. The SMILES string of the molecule is c1ccc(C2=NNC(c3ccc(-c4ccc5c(c4)C4(c6ccccc6O5)c5ccccc5-c5ccccc54)cc3)S2)cc1. The minimum atomic E-state index is -0.455. The van der Waals surface area contributed by atoms with Gasteiger partial charge in [0.1, 0.15) is 21.9 Å². The molecular formula is C39H26N2OS. The van der Waals surface area contributed by atoms with Gasteiger partial charge >= 0.3 is 0 Å². The fraction of sp³-hybridized carbons (Fsp3) is 0.0513. The van der Waals surface area contributed by atoms with Crippen molar-refractivity contribution >= 4 is 16.8 Å². The minimum absolute atomic E-state index is 0.0902. The number of thioether (sulfide) groups is 1. The summed E-state index contributed by atoms with van der Waals surface area (Å²) in [5.74, 6) is 1.82. The molecular weight excluding hydrogens is 545 g/mol. The standard InChI is InChI=1S/C39H26N2OS/c1-2-10-26(11-3-1)37-40-41-38(43-37)27-20-18-25(19-21-27)28-22-23-36-34(24-28)39(33-16-8-9-17-35(33)42-36)31-14-6-4-12-29(31)30-13-5-7-15-32(30)39/h1-24,38,41H. The quantitative estimate of drug-likeness (QED) is 0.230. The van der Waals surface area contributed by atoms with Crippen LogP contribution in [0.2, 0.25) is 0 Å². The molecule has 9 rings (SSSR count). The third-order valence-corrected chi connectivity index (χ3v) is 10.1. The van der Waals surface area contributed by atoms with Gasteiger partial charge in [0.25, 0.3) is 0 Å². The summed E-state index contributed by atoms with van der Waals surface area (Å²) >= 11 is 1.75. The second-order valence-corrected chi connectivity index (χ2v) is 12.3. The number of nitrogens with zero attached hydrogens (tertiary/aromatic N) is 1. The Morgan fingerprint density at radius 3 is 1.88 bits per heavy atom. The Hall–Kier alpha value is -5.06. The summed E-state index contributed by atoms with van der Waals surface area (Å²) in [4.78, 5) is 0. The van der Waals surface area contributed by atoms with Crippen LogP contribution in [-0.2, 0) is 5.41 Å². The molecule has 0 bridgehead atoms. The molecule has 0 radical (unpaired) electrons. The van der Waals surface area contributed by atoms with E-state index in [-0.39, 0.29) is 5.37 Å². The zero-order chi connectivity index (χ0) is 28.4. The molecule has 1 atom stereocenters. The number of hydrogen-bond donors (Lipinski definition) is 1. The van der Waals surface area contributed by atoms with Gasteiger partial charge < -0.3 is 4.74 Å². The summed E-state index contributed by atoms with van der Waals surface area (Å²) in [6.07, 6.45) is 0. The molecule has 43 heavy (non-hydrogen) atoms. The first-order valence-corrected chi connectivity index (χ1v) is 15.5. The molecule has 3 nitrogen and oxygen atoms in total. The molecule has 1 N–H and O–H groups in total. The van der Waals surface area contributed by atoms with Crippen LogP contribution in [0.3, 0.4) is 0 Å². The van der Waals surface area contributed by atoms with Crippen LogP contribution >= 0.6 is 11.8 Å². The van der Waals surface area contributed by atoms with Crippen molar-refractivity contribution in [3.8, 4) is 33.8 Å². The summed E-state index contributed by atoms with van der Waals surface area (Å²) in [6, 6.07) is 52.1. The second-order valence-electron chi connectivity index (χ2n) is 11.2. The molecule has 6 aromatic carbocycles. The number of benzene rings is 6. The predicted molar refractivity (Wildman–Crippen MR) is 176 cm³/mol. The second kappa shape index (κ2) is 9.48. The van der Waals surface area contributed by atoms with Gasteiger partial charge in [-0.1, -0.05) is 139 Å². The van der Waals surface area contributed by atoms with E-state index < -0.39 is 5.41 Å². The van der Waals surface area contributed by atoms with Crippen molar-refractivity contribution in [2.45, 2.75) is 10.8 Å². The summed E-state index contributed by atoms with van der Waals surface area (Å²) < 4.78 is 6.59. The Kier molecular flexibility index (Phi) is 5.41. The smallest absolute Gasteiger partial charge is 0.132 e. The topological polar surface area (TPSA) is 33.6 Å². The van der Waals surface area contributed by atoms with E-state index in [1.54, 1.807) is 11.8 Å². The Bertz CT molecular complexity index is 2020. The number of fused-ring (bicyclic) bond motifs is 9. The van der Waals surface area contributed by atoms with E-state index in [4.69, 9.17) is 4.74 Å². The van der Waals surface area contributed by atoms with Crippen molar-refractivity contribution in [3.05, 3.63) is 179 Å². The lowest BCUT2D eigenvalue weighted by Crippen LogP contribution is -2.32. The molecule has 4 heteroatoms. The highest BCUT2D eigenvalue weighted by molar-refractivity contribution is 8.14. The molecule has 0 amide bonds. The number of nitrogens with one attached hydrogen (secondary N) is 1. The van der Waals surface area contributed by atoms with Gasteiger partial charge in [-0.25, -0.2) is 0 Å². The van der Waals surface area contributed by atoms with Gasteiger partial charge in [0.05, 0.1) is 5.41 Å². The van der Waals surface area contributed by atoms with E-state index >= 15 is 0 Å². The van der Waals surface area contributed by atoms with Crippen LogP contribution in [0, 0.1) is 0 Å². The Labute approximate surface area is 254 Å². The highest BCUT2D eigenvalue weighted by Gasteiger charge is 2.50. The molecule has 2 heterocycles. The average molecular weight is 571 g/mol. The number of hydrogen-bond acceptors (Lipinski definition) is 4. The molecule has 1 unspecified atom stereocenters. The number of hydrazone groups is 1. The highest BCUT2D eigenvalue weighted by atomic mass is 32.2. The minimum Gasteiger partial charge on any atom is -0.457 e. The Balaban J connectivity index is 1.14. The lowest BCUT2D eigenvalue weighted by molar-refractivity contribution is 0.436. The molecule has 2 aliphatic heterocycles. The lowest BCUT2D eigenvalue weighted by atomic mass is 9.66. The third kappa shape index (κ3) is 3.60. The van der Waals surface area contributed by atoms with Crippen molar-refractivity contribution in [2.75, 3.05) is 0 Å². The Morgan fingerprint density at radius 1 is 0.535 bits per heavy atom. The first kappa shape index (κ1) is 24.5. The van der Waals surface area contributed by atoms with Crippen LogP contribution < -0.4 is 10.2 Å². The van der Waals surface area contributed by atoms with Crippen LogP contribution in [0.25, 0.3) is 22.3 Å². The summed E-state index contributed by atoms with van der Waals surface area (Å²) in [7, 11) is 0. The van der Waals surface area contributed by atoms with Gasteiger partial charge in [0.2, 0.25) is 0 Å². The molecule has 0 fully saturated rings. The van der Waals surface area contributed by atoms with Crippen LogP contribution in [0.4, 0.5) is 0 Å². The first-order valence-electron chi connectivity index (χ1n) is 14.6. The zero-order valence-corrected chi connectivity index (χ0v) is 24.0. The molecule has 204 valence electrons. The van der Waals surface area contributed by atoms with Gasteiger partial charge in [0, 0.05) is 16.7 Å². The molecule has 6 aromatic rings. The fourth-order valence-corrected chi connectivity index (χ4v) is 8.02. The molecule has 1 aliphatic carbocycles. The van der Waals surface area contributed by atoms with Crippen LogP contribution in [0.5, 0.6) is 11.5 Å². The molecule has 0 saturated heterocycles. The number of para-hydroxylation sites is 1. The molecule has 0 aromatic heterocycles. The van der Waals surface area contributed by atoms with Gasteiger partial charge in [-0.15, -0.1) is 0 Å². The monoisotopic (exact) mass is 570 g/mol. The van der Waals surface area contributed by atoms with Crippen molar-refractivity contribution in [2.24, 2.45) is 5.10 Å². The van der Waals surface area contributed by atoms with E-state index in [9.17, 15) is 0 Å². The number of ether oxygens (including phenoxy) is 1. The maximum atomic E-state index is 6.59. The largest absolute Gasteiger partial charge is 0.457 e. The maximum Gasteiger partial charge on any atom is 0.132 e. The van der Waals surface area contributed by atoms with Gasteiger partial charge in [-0.3, -0.25) is 5.43 Å². The van der Waals surface area contributed by atoms with Gasteiger partial charge in [-0.2, -0.15) is 5.10 Å². The van der Waals surface area contributed by atoms with Gasteiger partial charge in [-0.05, 0) is 57.1 Å².